The van der Waals surface area contributed by atoms with E-state index in [1.165, 1.54) is 0 Å². The zero-order chi connectivity index (χ0) is 25.7. The third-order valence-corrected chi connectivity index (χ3v) is 5.92. The lowest BCUT2D eigenvalue weighted by molar-refractivity contribution is -0.145. The van der Waals surface area contributed by atoms with E-state index >= 15 is 0 Å². The van der Waals surface area contributed by atoms with Crippen LogP contribution in [0.1, 0.15) is 57.2 Å². The number of hydrogen-bond acceptors (Lipinski definition) is 6. The summed E-state index contributed by atoms with van der Waals surface area (Å²) in [6.45, 7) is 16.7. The van der Waals surface area contributed by atoms with E-state index in [0.717, 1.165) is 64.6 Å². The minimum Gasteiger partial charge on any atom is -0.489 e. The number of hydrogen-bond donors (Lipinski definition) is 0. The smallest absolute Gasteiger partial charge is 0.333 e. The molecule has 0 heterocycles. The molecule has 6 nitrogen and oxygen atoms in total. The minimum atomic E-state index is -0.422. The summed E-state index contributed by atoms with van der Waals surface area (Å²) in [5.74, 6) is 0.802. The molecule has 2 unspecified atom stereocenters. The van der Waals surface area contributed by atoms with Gasteiger partial charge in [0.2, 0.25) is 0 Å². The van der Waals surface area contributed by atoms with Crippen molar-refractivity contribution in [1.82, 2.24) is 0 Å². The predicted octanol–water partition coefficient (Wildman–Crippen LogP) is 5.80. The van der Waals surface area contributed by atoms with E-state index in [0.29, 0.717) is 11.1 Å². The predicted molar refractivity (Wildman–Crippen MR) is 137 cm³/mol. The molecule has 0 saturated carbocycles. The van der Waals surface area contributed by atoms with Gasteiger partial charge in [-0.25, -0.2) is 9.59 Å². The van der Waals surface area contributed by atoms with Gasteiger partial charge in [-0.2, -0.15) is 0 Å². The third-order valence-electron chi connectivity index (χ3n) is 5.92. The fourth-order valence-electron chi connectivity index (χ4n) is 4.14. The number of carbonyl (C=O) groups excluding carboxylic acids is 2. The van der Waals surface area contributed by atoms with Crippen molar-refractivity contribution in [2.24, 2.45) is 0 Å². The maximum atomic E-state index is 11.9. The van der Waals surface area contributed by atoms with Crippen molar-refractivity contribution in [3.05, 3.63) is 59.2 Å². The molecule has 2 aromatic carbocycles. The molecule has 0 bridgehead atoms. The molecule has 0 N–H and O–H groups in total. The topological polar surface area (TPSA) is 71.1 Å². The molecule has 0 amide bonds. The Morgan fingerprint density at radius 1 is 0.829 bits per heavy atom. The highest BCUT2D eigenvalue weighted by Gasteiger charge is 2.25. The summed E-state index contributed by atoms with van der Waals surface area (Å²) in [4.78, 5) is 23.8. The van der Waals surface area contributed by atoms with E-state index < -0.39 is 24.1 Å². The van der Waals surface area contributed by atoms with Crippen molar-refractivity contribution < 1.29 is 28.5 Å². The molecule has 0 radical (unpaired) electrons. The van der Waals surface area contributed by atoms with Crippen molar-refractivity contribution in [2.45, 2.75) is 72.5 Å². The average molecular weight is 481 g/mol. The second-order valence-corrected chi connectivity index (χ2v) is 9.49. The lowest BCUT2D eigenvalue weighted by atomic mass is 9.87. The molecule has 1 aliphatic carbocycles. The van der Waals surface area contributed by atoms with Gasteiger partial charge in [-0.3, -0.25) is 0 Å². The van der Waals surface area contributed by atoms with Crippen LogP contribution in [0.15, 0.2) is 42.5 Å². The van der Waals surface area contributed by atoms with E-state index in [4.69, 9.17) is 18.9 Å². The lowest BCUT2D eigenvalue weighted by Gasteiger charge is -2.27. The first-order chi connectivity index (χ1) is 16.6. The molecule has 0 spiro atoms. The molecule has 1 aliphatic rings. The number of aryl methyl sites for hydroxylation is 1. The highest BCUT2D eigenvalue weighted by molar-refractivity contribution is 5.96. The molecule has 0 aliphatic heterocycles. The molecule has 0 aromatic heterocycles. The zero-order valence-corrected chi connectivity index (χ0v) is 21.5. The number of benzene rings is 2. The summed E-state index contributed by atoms with van der Waals surface area (Å²) in [6, 6.07) is 6.20. The first-order valence-electron chi connectivity index (χ1n) is 12.1. The van der Waals surface area contributed by atoms with Gasteiger partial charge in [-0.05, 0) is 66.4 Å². The molecular weight excluding hydrogens is 444 g/mol. The molecular formula is C29H36O6. The molecule has 3 rings (SSSR count). The summed E-state index contributed by atoms with van der Waals surface area (Å²) in [5.41, 5.74) is 4.09. The maximum absolute atomic E-state index is 11.9. The number of fused-ring (bicyclic) bond motifs is 2. The Labute approximate surface area is 207 Å². The van der Waals surface area contributed by atoms with Crippen LogP contribution in [0.5, 0.6) is 11.5 Å². The van der Waals surface area contributed by atoms with Gasteiger partial charge in [0.1, 0.15) is 36.9 Å². The Balaban J connectivity index is 1.94. The Kier molecular flexibility index (Phi) is 8.60. The molecule has 0 saturated heterocycles. The third kappa shape index (κ3) is 6.44. The van der Waals surface area contributed by atoms with Crippen LogP contribution >= 0.6 is 0 Å². The van der Waals surface area contributed by atoms with Gasteiger partial charge < -0.3 is 18.9 Å². The Morgan fingerprint density at radius 3 is 1.74 bits per heavy atom. The summed E-state index contributed by atoms with van der Waals surface area (Å²) in [5, 5.41) is 1.92. The van der Waals surface area contributed by atoms with Crippen LogP contribution in [-0.4, -0.2) is 37.4 Å². The molecule has 6 heteroatoms. The van der Waals surface area contributed by atoms with E-state index in [-0.39, 0.29) is 13.2 Å². The molecule has 2 aromatic rings. The lowest BCUT2D eigenvalue weighted by Crippen LogP contribution is -2.24. The monoisotopic (exact) mass is 480 g/mol. The van der Waals surface area contributed by atoms with Crippen LogP contribution in [0.4, 0.5) is 0 Å². The van der Waals surface area contributed by atoms with Crippen LogP contribution in [0, 0.1) is 6.92 Å². The largest absolute Gasteiger partial charge is 0.489 e. The number of carbonyl (C=O) groups is 2. The van der Waals surface area contributed by atoms with Crippen molar-refractivity contribution in [1.29, 1.82) is 0 Å². The summed E-state index contributed by atoms with van der Waals surface area (Å²) in [7, 11) is 0. The fourth-order valence-corrected chi connectivity index (χ4v) is 4.14. The van der Waals surface area contributed by atoms with Crippen LogP contribution in [0.3, 0.4) is 0 Å². The van der Waals surface area contributed by atoms with E-state index in [9.17, 15) is 9.59 Å². The Bertz CT molecular complexity index is 1150. The Hall–Kier alpha value is -3.28. The molecule has 0 fully saturated rings. The summed E-state index contributed by atoms with van der Waals surface area (Å²) in [6.07, 6.45) is 3.05. The van der Waals surface area contributed by atoms with E-state index in [2.05, 4.69) is 31.4 Å². The number of esters is 2. The SMILES string of the molecule is C=C(C)C(=O)OC(C)COc1c2c(c(OCC(C)OC(=O)C(=C)C)c3cc(C)ccc13)CCCC2. The minimum absolute atomic E-state index is 0.239. The van der Waals surface area contributed by atoms with Crippen LogP contribution in [-0.2, 0) is 31.9 Å². The molecule has 2 atom stereocenters. The Morgan fingerprint density at radius 2 is 1.29 bits per heavy atom. The summed E-state index contributed by atoms with van der Waals surface area (Å²) >= 11 is 0. The summed E-state index contributed by atoms with van der Waals surface area (Å²) < 4.78 is 23.5. The van der Waals surface area contributed by atoms with Crippen LogP contribution in [0.2, 0.25) is 0 Å². The second-order valence-electron chi connectivity index (χ2n) is 9.49. The van der Waals surface area contributed by atoms with E-state index in [1.54, 1.807) is 13.8 Å². The van der Waals surface area contributed by atoms with Gasteiger partial charge >= 0.3 is 11.9 Å². The molecule has 188 valence electrons. The van der Waals surface area contributed by atoms with Gasteiger partial charge in [-0.1, -0.05) is 30.9 Å². The van der Waals surface area contributed by atoms with E-state index in [1.807, 2.05) is 20.8 Å². The quantitative estimate of drug-likeness (QED) is 0.316. The van der Waals surface area contributed by atoms with Gasteiger partial charge in [0.25, 0.3) is 0 Å². The van der Waals surface area contributed by atoms with Crippen molar-refractivity contribution >= 4 is 22.7 Å². The van der Waals surface area contributed by atoms with Gasteiger partial charge in [0, 0.05) is 33.0 Å². The van der Waals surface area contributed by atoms with Crippen molar-refractivity contribution in [3.8, 4) is 11.5 Å². The van der Waals surface area contributed by atoms with Gasteiger partial charge in [0.15, 0.2) is 0 Å². The van der Waals surface area contributed by atoms with Crippen molar-refractivity contribution in [2.75, 3.05) is 13.2 Å². The standard InChI is InChI=1S/C29H36O6/c1-17(2)28(30)34-20(6)15-32-26-22-10-8-9-11-23(22)27(25-14-19(5)12-13-24(25)26)33-16-21(7)35-29(31)18(3)4/h12-14,20-21H,1,3,8-11,15-16H2,2,4-7H3. The van der Waals surface area contributed by atoms with Crippen molar-refractivity contribution in [3.63, 3.8) is 0 Å². The van der Waals surface area contributed by atoms with Gasteiger partial charge in [0.05, 0.1) is 0 Å². The number of rotatable bonds is 10. The maximum Gasteiger partial charge on any atom is 0.333 e. The van der Waals surface area contributed by atoms with Crippen LogP contribution < -0.4 is 9.47 Å². The fraction of sp³-hybridized carbons (Fsp3) is 0.448. The first kappa shape index (κ1) is 26.3. The normalized spacial score (nSPS) is 14.4. The average Bonchev–Trinajstić information content (AvgIpc) is 2.80. The zero-order valence-electron chi connectivity index (χ0n) is 21.5. The van der Waals surface area contributed by atoms with Crippen LogP contribution in [0.25, 0.3) is 10.8 Å². The highest BCUT2D eigenvalue weighted by atomic mass is 16.6. The van der Waals surface area contributed by atoms with Gasteiger partial charge in [-0.15, -0.1) is 0 Å². The molecule has 35 heavy (non-hydrogen) atoms. The highest BCUT2D eigenvalue weighted by Crippen LogP contribution is 2.44. The second kappa shape index (κ2) is 11.4. The number of ether oxygens (including phenoxy) is 4. The first-order valence-corrected chi connectivity index (χ1v) is 12.1.